The highest BCUT2D eigenvalue weighted by Gasteiger charge is 2.25. The lowest BCUT2D eigenvalue weighted by atomic mass is 9.94. The van der Waals surface area contributed by atoms with E-state index in [1.54, 1.807) is 0 Å². The van der Waals surface area contributed by atoms with Crippen LogP contribution >= 0.6 is 0 Å². The summed E-state index contributed by atoms with van der Waals surface area (Å²) in [6.07, 6.45) is 0. The van der Waals surface area contributed by atoms with Crippen molar-refractivity contribution in [2.75, 3.05) is 0 Å². The number of nitrogens with zero attached hydrogens (tertiary/aromatic N) is 4. The number of para-hydroxylation sites is 4. The van der Waals surface area contributed by atoms with E-state index in [1.165, 1.54) is 208 Å². The fourth-order valence-corrected chi connectivity index (χ4v) is 18.6. The first kappa shape index (κ1) is 61.7. The Kier molecular flexibility index (Phi) is 13.7. The van der Waals surface area contributed by atoms with Gasteiger partial charge in [-0.3, -0.25) is 0 Å². The second-order valence-electron chi connectivity index (χ2n) is 29.4. The van der Waals surface area contributed by atoms with Crippen molar-refractivity contribution in [3.63, 3.8) is 0 Å². The Bertz CT molecular complexity index is 7670. The van der Waals surface area contributed by atoms with Crippen LogP contribution in [0.2, 0.25) is 0 Å². The van der Waals surface area contributed by atoms with Crippen molar-refractivity contribution in [3.05, 3.63) is 400 Å². The molecule has 4 nitrogen and oxygen atoms in total. The van der Waals surface area contributed by atoms with Gasteiger partial charge in [0, 0.05) is 65.5 Å². The molecule has 0 saturated carbocycles. The van der Waals surface area contributed by atoms with Crippen molar-refractivity contribution in [2.24, 2.45) is 0 Å². The third-order valence-electron chi connectivity index (χ3n) is 23.6. The van der Waals surface area contributed by atoms with Gasteiger partial charge in [0.25, 0.3) is 0 Å². The average Bonchev–Trinajstić information content (AvgIpc) is 1.54. The topological polar surface area (TPSA) is 19.7 Å². The van der Waals surface area contributed by atoms with E-state index in [0.717, 1.165) is 11.4 Å². The summed E-state index contributed by atoms with van der Waals surface area (Å²) in [6.45, 7) is 0. The van der Waals surface area contributed by atoms with E-state index in [4.69, 9.17) is 0 Å². The van der Waals surface area contributed by atoms with Crippen LogP contribution in [0.4, 0.5) is 0 Å². The van der Waals surface area contributed by atoms with Crippen LogP contribution in [0.1, 0.15) is 0 Å². The zero-order valence-electron chi connectivity index (χ0n) is 59.9. The van der Waals surface area contributed by atoms with E-state index in [-0.39, 0.29) is 0 Å². The summed E-state index contributed by atoms with van der Waals surface area (Å²) >= 11 is 0. The molecule has 110 heavy (non-hydrogen) atoms. The molecule has 4 heteroatoms. The molecule has 0 bridgehead atoms. The molecule has 0 fully saturated rings. The van der Waals surface area contributed by atoms with E-state index >= 15 is 0 Å². The molecular weight excluding hydrogens is 1330 g/mol. The first-order chi connectivity index (χ1) is 54.6. The summed E-state index contributed by atoms with van der Waals surface area (Å²) in [6, 6.07) is 147. The minimum atomic E-state index is 1.16. The van der Waals surface area contributed by atoms with E-state index in [0.29, 0.717) is 0 Å². The Morgan fingerprint density at radius 1 is 0.127 bits per heavy atom. The number of hydrogen-bond donors (Lipinski definition) is 0. The monoisotopic (exact) mass is 1390 g/mol. The highest BCUT2D eigenvalue weighted by molar-refractivity contribution is 6.26. The predicted octanol–water partition coefficient (Wildman–Crippen LogP) is 28.7. The van der Waals surface area contributed by atoms with Gasteiger partial charge >= 0.3 is 0 Å². The third kappa shape index (κ3) is 9.46. The SMILES string of the molecule is c1ccc(-c2ccc(-n3c4ccccc4c4cc(-c5ccc6c(c5)c5ccccc5n6-c5ccc6c7c(cccc57)-c5ccccc5-6)ccc43)cc2)cc1.c1ccc(-c2ccc(-n3c4ccccc4c4cc(-c5ccc6c(c5)c5ccccc5n6-c5ccc6c7ccccc7c7ccccc7c6c5)ccc43)cc2)cc1. The molecule has 19 aromatic carbocycles. The van der Waals surface area contributed by atoms with E-state index in [9.17, 15) is 0 Å². The maximum absolute atomic E-state index is 2.47. The van der Waals surface area contributed by atoms with E-state index < -0.39 is 0 Å². The van der Waals surface area contributed by atoms with Crippen LogP contribution < -0.4 is 0 Å². The minimum Gasteiger partial charge on any atom is -0.309 e. The van der Waals surface area contributed by atoms with Gasteiger partial charge in [0.15, 0.2) is 0 Å². The molecule has 4 aromatic heterocycles. The van der Waals surface area contributed by atoms with Gasteiger partial charge in [0.05, 0.1) is 49.8 Å². The second kappa shape index (κ2) is 24.5. The Morgan fingerprint density at radius 2 is 0.409 bits per heavy atom. The second-order valence-corrected chi connectivity index (χ2v) is 29.4. The van der Waals surface area contributed by atoms with Crippen LogP contribution in [0.15, 0.2) is 400 Å². The largest absolute Gasteiger partial charge is 0.309 e. The molecule has 4 heterocycles. The summed E-state index contributed by atoms with van der Waals surface area (Å²) in [4.78, 5) is 0. The normalized spacial score (nSPS) is 12.0. The number of rotatable bonds is 8. The van der Waals surface area contributed by atoms with Gasteiger partial charge in [-0.25, -0.2) is 0 Å². The summed E-state index contributed by atoms with van der Waals surface area (Å²) in [5.41, 5.74) is 29.4. The quantitative estimate of drug-likeness (QED) is 0.135. The molecular formula is C106H66N4. The molecule has 0 spiro atoms. The molecule has 0 atom stereocenters. The fourth-order valence-electron chi connectivity index (χ4n) is 18.6. The molecule has 1 aliphatic rings. The van der Waals surface area contributed by atoms with Gasteiger partial charge in [-0.05, 0) is 220 Å². The van der Waals surface area contributed by atoms with Crippen molar-refractivity contribution < 1.29 is 0 Å². The minimum absolute atomic E-state index is 1.16. The van der Waals surface area contributed by atoms with Crippen LogP contribution in [-0.2, 0) is 0 Å². The van der Waals surface area contributed by atoms with Gasteiger partial charge in [-0.15, -0.1) is 0 Å². The van der Waals surface area contributed by atoms with Crippen LogP contribution in [-0.4, -0.2) is 18.3 Å². The number of fused-ring (bicyclic) bond motifs is 21. The number of aromatic nitrogens is 4. The average molecular weight is 1400 g/mol. The molecule has 510 valence electrons. The Hall–Kier alpha value is -14.6. The highest BCUT2D eigenvalue weighted by Crippen LogP contribution is 2.50. The molecule has 0 unspecified atom stereocenters. The molecule has 23 aromatic rings. The predicted molar refractivity (Wildman–Crippen MR) is 466 cm³/mol. The summed E-state index contributed by atoms with van der Waals surface area (Å²) in [7, 11) is 0. The summed E-state index contributed by atoms with van der Waals surface area (Å²) in [5.74, 6) is 0. The molecule has 0 amide bonds. The lowest BCUT2D eigenvalue weighted by molar-refractivity contribution is 1.18. The highest BCUT2D eigenvalue weighted by atomic mass is 15.0. The molecule has 0 radical (unpaired) electrons. The van der Waals surface area contributed by atoms with Crippen LogP contribution in [0.3, 0.4) is 0 Å². The van der Waals surface area contributed by atoms with Crippen molar-refractivity contribution >= 4 is 130 Å². The van der Waals surface area contributed by atoms with Crippen LogP contribution in [0.25, 0.3) is 220 Å². The lowest BCUT2D eigenvalue weighted by Crippen LogP contribution is -1.95. The lowest BCUT2D eigenvalue weighted by Gasteiger charge is -2.14. The van der Waals surface area contributed by atoms with Gasteiger partial charge in [0.2, 0.25) is 0 Å². The Morgan fingerprint density at radius 3 is 0.836 bits per heavy atom. The molecule has 24 rings (SSSR count). The van der Waals surface area contributed by atoms with Crippen molar-refractivity contribution in [1.29, 1.82) is 0 Å². The van der Waals surface area contributed by atoms with E-state index in [1.807, 2.05) is 0 Å². The first-order valence-corrected chi connectivity index (χ1v) is 38.0. The Labute approximate surface area is 634 Å². The van der Waals surface area contributed by atoms with Crippen LogP contribution in [0.5, 0.6) is 0 Å². The smallest absolute Gasteiger partial charge is 0.0541 e. The maximum Gasteiger partial charge on any atom is 0.0541 e. The van der Waals surface area contributed by atoms with Gasteiger partial charge in [-0.2, -0.15) is 0 Å². The van der Waals surface area contributed by atoms with Gasteiger partial charge in [-0.1, -0.05) is 285 Å². The van der Waals surface area contributed by atoms with Crippen molar-refractivity contribution in [3.8, 4) is 89.5 Å². The molecule has 0 aliphatic heterocycles. The number of hydrogen-bond acceptors (Lipinski definition) is 0. The molecule has 0 N–H and O–H groups in total. The summed E-state index contributed by atoms with van der Waals surface area (Å²) in [5, 5.41) is 20.4. The molecule has 0 saturated heterocycles. The third-order valence-corrected chi connectivity index (χ3v) is 23.6. The Balaban J connectivity index is 0.000000132. The zero-order chi connectivity index (χ0) is 72.1. The summed E-state index contributed by atoms with van der Waals surface area (Å²) < 4.78 is 9.71. The first-order valence-electron chi connectivity index (χ1n) is 38.0. The van der Waals surface area contributed by atoms with Gasteiger partial charge in [0.1, 0.15) is 0 Å². The molecule has 1 aliphatic carbocycles. The van der Waals surface area contributed by atoms with Crippen molar-refractivity contribution in [1.82, 2.24) is 18.3 Å². The fraction of sp³-hybridized carbons (Fsp3) is 0. The standard InChI is InChI=1S/C54H34N2.C52H32N2/c1-2-12-35(13-3-1)36-22-26-39(27-23-36)55-51-20-10-8-18-46(51)49-32-37(24-30-53(49)55)38-25-31-54-50(33-38)47-19-9-11-21-52(47)56(54)40-28-29-45-43-16-5-4-14-41(43)42-15-6-7-17-44(42)48(45)34-40;1-2-11-33(12-3-1)34-21-25-37(26-22-34)53-47-19-8-6-15-40(47)45-31-35(23-28-50(45)53)36-24-29-51-46(32-36)41-16-7-9-20-48(41)54(51)49-30-27-43-39-14-5-4-13-38(39)42-17-10-18-44(49)52(42)43/h1-34H;1-32H. The number of benzene rings is 19. The van der Waals surface area contributed by atoms with Crippen LogP contribution in [0, 0.1) is 0 Å². The van der Waals surface area contributed by atoms with Gasteiger partial charge < -0.3 is 18.3 Å². The van der Waals surface area contributed by atoms with E-state index in [2.05, 4.69) is 419 Å². The zero-order valence-corrected chi connectivity index (χ0v) is 59.9. The van der Waals surface area contributed by atoms with Crippen molar-refractivity contribution in [2.45, 2.75) is 0 Å². The maximum atomic E-state index is 2.47.